The normalized spacial score (nSPS) is 21.6. The summed E-state index contributed by atoms with van der Waals surface area (Å²) in [4.78, 5) is 0. The number of rotatable bonds is 6. The first-order chi connectivity index (χ1) is 10.9. The van der Waals surface area contributed by atoms with Crippen molar-refractivity contribution in [2.75, 3.05) is 6.54 Å². The van der Waals surface area contributed by atoms with Crippen LogP contribution in [0.3, 0.4) is 0 Å². The van der Waals surface area contributed by atoms with Crippen molar-refractivity contribution in [3.05, 3.63) is 71.8 Å². The van der Waals surface area contributed by atoms with Crippen LogP contribution in [-0.2, 0) is 6.42 Å². The molecule has 1 heteroatoms. The molecule has 0 saturated heterocycles. The second kappa shape index (κ2) is 8.14. The van der Waals surface area contributed by atoms with Crippen molar-refractivity contribution < 1.29 is 0 Å². The van der Waals surface area contributed by atoms with E-state index in [0.29, 0.717) is 0 Å². The molecule has 0 aliphatic heterocycles. The summed E-state index contributed by atoms with van der Waals surface area (Å²) in [6.07, 6.45) is 7.74. The lowest BCUT2D eigenvalue weighted by Crippen LogP contribution is -2.33. The van der Waals surface area contributed by atoms with Gasteiger partial charge in [0, 0.05) is 6.04 Å². The summed E-state index contributed by atoms with van der Waals surface area (Å²) in [5, 5.41) is 3.76. The Kier molecular flexibility index (Phi) is 5.66. The van der Waals surface area contributed by atoms with Crippen LogP contribution in [0.5, 0.6) is 0 Å². The summed E-state index contributed by atoms with van der Waals surface area (Å²) in [6, 6.07) is 22.6. The van der Waals surface area contributed by atoms with Crippen LogP contribution < -0.4 is 5.32 Å². The summed E-state index contributed by atoms with van der Waals surface area (Å²) in [7, 11) is 0. The number of nitrogens with one attached hydrogen (secondary N) is 1. The topological polar surface area (TPSA) is 12.0 Å². The molecule has 3 rings (SSSR count). The van der Waals surface area contributed by atoms with Gasteiger partial charge in [-0.3, -0.25) is 0 Å². The lowest BCUT2D eigenvalue weighted by molar-refractivity contribution is 0.342. The lowest BCUT2D eigenvalue weighted by atomic mass is 9.82. The van der Waals surface area contributed by atoms with Gasteiger partial charge in [0.2, 0.25) is 0 Å². The van der Waals surface area contributed by atoms with Crippen LogP contribution in [0.15, 0.2) is 60.7 Å². The van der Waals surface area contributed by atoms with Crippen molar-refractivity contribution in [2.45, 2.75) is 50.5 Å². The number of hydrogen-bond donors (Lipinski definition) is 1. The molecule has 0 radical (unpaired) electrons. The Balaban J connectivity index is 1.34. The minimum atomic E-state index is 0.732. The van der Waals surface area contributed by atoms with E-state index in [4.69, 9.17) is 0 Å². The Morgan fingerprint density at radius 1 is 0.773 bits per heavy atom. The van der Waals surface area contributed by atoms with Gasteiger partial charge < -0.3 is 5.32 Å². The van der Waals surface area contributed by atoms with Crippen LogP contribution in [0.1, 0.15) is 49.1 Å². The minimum Gasteiger partial charge on any atom is -0.314 e. The van der Waals surface area contributed by atoms with E-state index < -0.39 is 0 Å². The summed E-state index contributed by atoms with van der Waals surface area (Å²) < 4.78 is 0. The average Bonchev–Trinajstić information content (AvgIpc) is 2.61. The molecule has 1 nitrogen and oxygen atoms in total. The molecule has 0 spiro atoms. The van der Waals surface area contributed by atoms with Crippen molar-refractivity contribution in [3.8, 4) is 0 Å². The molecular formula is C21H27N. The van der Waals surface area contributed by atoms with E-state index in [1.807, 2.05) is 0 Å². The Morgan fingerprint density at radius 2 is 1.41 bits per heavy atom. The van der Waals surface area contributed by atoms with Gasteiger partial charge in [-0.2, -0.15) is 0 Å². The van der Waals surface area contributed by atoms with Crippen molar-refractivity contribution >= 4 is 0 Å². The van der Waals surface area contributed by atoms with E-state index in [0.717, 1.165) is 18.5 Å². The summed E-state index contributed by atoms with van der Waals surface area (Å²) >= 11 is 0. The fourth-order valence-corrected chi connectivity index (χ4v) is 3.60. The molecule has 116 valence electrons. The van der Waals surface area contributed by atoms with Gasteiger partial charge in [0.25, 0.3) is 0 Å². The van der Waals surface area contributed by atoms with Gasteiger partial charge in [0.15, 0.2) is 0 Å². The molecule has 1 N–H and O–H groups in total. The minimum absolute atomic E-state index is 0.732. The Bertz CT molecular complexity index is 526. The summed E-state index contributed by atoms with van der Waals surface area (Å²) in [5.74, 6) is 0.781. The lowest BCUT2D eigenvalue weighted by Gasteiger charge is -2.29. The Labute approximate surface area is 134 Å². The first kappa shape index (κ1) is 15.3. The molecule has 1 aliphatic carbocycles. The van der Waals surface area contributed by atoms with E-state index in [2.05, 4.69) is 66.0 Å². The van der Waals surface area contributed by atoms with Crippen LogP contribution in [0, 0.1) is 0 Å². The molecular weight excluding hydrogens is 266 g/mol. The number of benzene rings is 2. The van der Waals surface area contributed by atoms with Crippen molar-refractivity contribution in [3.63, 3.8) is 0 Å². The molecule has 0 amide bonds. The molecule has 1 saturated carbocycles. The fourth-order valence-electron chi connectivity index (χ4n) is 3.60. The molecule has 2 aromatic carbocycles. The van der Waals surface area contributed by atoms with E-state index >= 15 is 0 Å². The quantitative estimate of drug-likeness (QED) is 0.744. The maximum atomic E-state index is 3.76. The van der Waals surface area contributed by atoms with Gasteiger partial charge >= 0.3 is 0 Å². The fraction of sp³-hybridized carbons (Fsp3) is 0.429. The number of hydrogen-bond acceptors (Lipinski definition) is 1. The van der Waals surface area contributed by atoms with Gasteiger partial charge in [-0.05, 0) is 62.1 Å². The zero-order valence-corrected chi connectivity index (χ0v) is 13.4. The van der Waals surface area contributed by atoms with Gasteiger partial charge in [0.05, 0.1) is 0 Å². The van der Waals surface area contributed by atoms with Gasteiger partial charge in [-0.15, -0.1) is 0 Å². The van der Waals surface area contributed by atoms with Crippen LogP contribution in [0.25, 0.3) is 0 Å². The second-order valence-electron chi connectivity index (χ2n) is 6.50. The van der Waals surface area contributed by atoms with Gasteiger partial charge in [-0.1, -0.05) is 60.7 Å². The highest BCUT2D eigenvalue weighted by atomic mass is 14.9. The standard InChI is InChI=1S/C21H27N/c1-3-8-18(9-4-1)10-7-17-22-21-15-13-20(14-16-21)19-11-5-2-6-12-19/h1-6,8-9,11-12,20-22H,7,10,13-17H2. The van der Waals surface area contributed by atoms with Crippen LogP contribution >= 0.6 is 0 Å². The molecule has 1 aliphatic rings. The maximum absolute atomic E-state index is 3.76. The monoisotopic (exact) mass is 293 g/mol. The summed E-state index contributed by atoms with van der Waals surface area (Å²) in [5.41, 5.74) is 2.99. The van der Waals surface area contributed by atoms with Crippen LogP contribution in [0.2, 0.25) is 0 Å². The second-order valence-corrected chi connectivity index (χ2v) is 6.50. The summed E-state index contributed by atoms with van der Waals surface area (Å²) in [6.45, 7) is 1.15. The van der Waals surface area contributed by atoms with Crippen molar-refractivity contribution in [2.24, 2.45) is 0 Å². The third kappa shape index (κ3) is 4.45. The van der Waals surface area contributed by atoms with E-state index in [-0.39, 0.29) is 0 Å². The average molecular weight is 293 g/mol. The first-order valence-electron chi connectivity index (χ1n) is 8.74. The zero-order chi connectivity index (χ0) is 15.0. The first-order valence-corrected chi connectivity index (χ1v) is 8.74. The molecule has 0 aromatic heterocycles. The van der Waals surface area contributed by atoms with E-state index in [1.54, 1.807) is 0 Å². The molecule has 0 unspecified atom stereocenters. The third-order valence-corrected chi connectivity index (χ3v) is 4.92. The molecule has 22 heavy (non-hydrogen) atoms. The number of aryl methyl sites for hydroxylation is 1. The maximum Gasteiger partial charge on any atom is 0.00674 e. The molecule has 0 bridgehead atoms. The molecule has 2 aromatic rings. The van der Waals surface area contributed by atoms with Gasteiger partial charge in [0.1, 0.15) is 0 Å². The predicted octanol–water partition coefficient (Wildman–Crippen LogP) is 4.94. The molecule has 0 heterocycles. The predicted molar refractivity (Wildman–Crippen MR) is 94.2 cm³/mol. The highest BCUT2D eigenvalue weighted by molar-refractivity contribution is 5.20. The SMILES string of the molecule is c1ccc(CCCNC2CCC(c3ccccc3)CC2)cc1. The highest BCUT2D eigenvalue weighted by Crippen LogP contribution is 2.32. The van der Waals surface area contributed by atoms with Crippen LogP contribution in [-0.4, -0.2) is 12.6 Å². The smallest absolute Gasteiger partial charge is 0.00674 e. The third-order valence-electron chi connectivity index (χ3n) is 4.92. The zero-order valence-electron chi connectivity index (χ0n) is 13.4. The van der Waals surface area contributed by atoms with Gasteiger partial charge in [-0.25, -0.2) is 0 Å². The Hall–Kier alpha value is -1.60. The van der Waals surface area contributed by atoms with E-state index in [9.17, 15) is 0 Å². The highest BCUT2D eigenvalue weighted by Gasteiger charge is 2.21. The van der Waals surface area contributed by atoms with E-state index in [1.165, 1.54) is 49.7 Å². The Morgan fingerprint density at radius 3 is 2.09 bits per heavy atom. The molecule has 0 atom stereocenters. The van der Waals surface area contributed by atoms with Crippen LogP contribution in [0.4, 0.5) is 0 Å². The van der Waals surface area contributed by atoms with Crippen molar-refractivity contribution in [1.29, 1.82) is 0 Å². The molecule has 1 fully saturated rings. The largest absolute Gasteiger partial charge is 0.314 e. The van der Waals surface area contributed by atoms with Crippen molar-refractivity contribution in [1.82, 2.24) is 5.32 Å².